The summed E-state index contributed by atoms with van der Waals surface area (Å²) in [5.41, 5.74) is 2.41. The fraction of sp³-hybridized carbons (Fsp3) is 0.280. The number of nitrogens with one attached hydrogen (secondary N) is 1. The van der Waals surface area contributed by atoms with Crippen molar-refractivity contribution in [1.82, 2.24) is 9.78 Å². The number of hydrogen-bond donors (Lipinski definition) is 2. The number of methoxy groups -OCH3 is 1. The summed E-state index contributed by atoms with van der Waals surface area (Å²) in [6.07, 6.45) is -2.89. The minimum Gasteiger partial charge on any atom is -0.504 e. The van der Waals surface area contributed by atoms with E-state index in [1.54, 1.807) is 19.1 Å². The number of alkyl halides is 3. The summed E-state index contributed by atoms with van der Waals surface area (Å²) in [5.74, 6) is 0.110. The Morgan fingerprint density at radius 2 is 1.97 bits per heavy atom. The van der Waals surface area contributed by atoms with Crippen LogP contribution in [0, 0.1) is 6.92 Å². The molecule has 35 heavy (non-hydrogen) atoms. The van der Waals surface area contributed by atoms with Crippen molar-refractivity contribution >= 4 is 23.2 Å². The first-order valence-electron chi connectivity index (χ1n) is 11.0. The number of nitrogens with zero attached hydrogens (tertiary/aromatic N) is 2. The van der Waals surface area contributed by atoms with Crippen LogP contribution in [0.3, 0.4) is 0 Å². The molecule has 0 radical (unpaired) electrons. The van der Waals surface area contributed by atoms with Gasteiger partial charge in [0.2, 0.25) is 0 Å². The van der Waals surface area contributed by atoms with E-state index in [0.717, 1.165) is 12.1 Å². The molecule has 182 valence electrons. The number of ketones is 1. The number of hydrogen-bond acceptors (Lipinski definition) is 5. The summed E-state index contributed by atoms with van der Waals surface area (Å²) in [6, 6.07) is 7.95. The molecule has 10 heteroatoms. The van der Waals surface area contributed by atoms with Gasteiger partial charge in [0.25, 0.3) is 0 Å². The van der Waals surface area contributed by atoms with Crippen molar-refractivity contribution < 1.29 is 27.8 Å². The summed E-state index contributed by atoms with van der Waals surface area (Å²) in [5, 5.41) is 18.0. The lowest BCUT2D eigenvalue weighted by atomic mass is 9.76. The summed E-state index contributed by atoms with van der Waals surface area (Å²) >= 11 is 6.34. The lowest BCUT2D eigenvalue weighted by Crippen LogP contribution is -2.27. The predicted molar refractivity (Wildman–Crippen MR) is 124 cm³/mol. The number of fused-ring (bicyclic) bond motifs is 1. The Kier molecular flexibility index (Phi) is 5.55. The Morgan fingerprint density at radius 1 is 1.20 bits per heavy atom. The summed E-state index contributed by atoms with van der Waals surface area (Å²) in [6.45, 7) is 1.74. The maximum Gasteiger partial charge on any atom is 0.416 e. The average molecular weight is 504 g/mol. The third kappa shape index (κ3) is 3.83. The first-order valence-corrected chi connectivity index (χ1v) is 11.3. The van der Waals surface area contributed by atoms with E-state index in [4.69, 9.17) is 16.3 Å². The molecule has 0 spiro atoms. The number of rotatable bonds is 3. The van der Waals surface area contributed by atoms with E-state index < -0.39 is 17.7 Å². The molecule has 0 amide bonds. The van der Waals surface area contributed by atoms with Crippen LogP contribution in [0.2, 0.25) is 5.02 Å². The van der Waals surface area contributed by atoms with Gasteiger partial charge in [0, 0.05) is 29.2 Å². The normalized spacial score (nSPS) is 17.7. The Balaban J connectivity index is 1.75. The van der Waals surface area contributed by atoms with Gasteiger partial charge in [-0.15, -0.1) is 0 Å². The van der Waals surface area contributed by atoms with E-state index in [1.165, 1.54) is 23.9 Å². The largest absolute Gasteiger partial charge is 0.504 e. The van der Waals surface area contributed by atoms with E-state index in [9.17, 15) is 23.1 Å². The van der Waals surface area contributed by atoms with Gasteiger partial charge in [-0.2, -0.15) is 18.3 Å². The second-order valence-corrected chi connectivity index (χ2v) is 8.99. The van der Waals surface area contributed by atoms with E-state index in [2.05, 4.69) is 10.4 Å². The van der Waals surface area contributed by atoms with Crippen molar-refractivity contribution in [3.8, 4) is 17.2 Å². The zero-order valence-corrected chi connectivity index (χ0v) is 19.6. The average Bonchev–Trinajstić information content (AvgIpc) is 3.13. The molecule has 2 aliphatic rings. The number of aromatic hydroxyl groups is 1. The number of anilines is 1. The van der Waals surface area contributed by atoms with Gasteiger partial charge in [-0.25, -0.2) is 4.68 Å². The number of phenols is 1. The molecule has 6 nitrogen and oxygen atoms in total. The number of aromatic nitrogens is 2. The molecule has 0 saturated heterocycles. The SMILES string of the molecule is COc1cc([C@H]2C3=C(CCCC3=O)Nc3c2c(C)nn3-c2cc(C(F)(F)F)ccc2Cl)ccc1O. The van der Waals surface area contributed by atoms with Gasteiger partial charge < -0.3 is 15.2 Å². The van der Waals surface area contributed by atoms with Crippen molar-refractivity contribution in [2.24, 2.45) is 0 Å². The standard InChI is InChI=1S/C25H21ClF3N3O3/c1-12-21-22(13-6-9-18(33)20(10-13)35-2)23-16(4-3-5-19(23)34)30-24(21)32(31-12)17-11-14(25(27,28)29)7-8-15(17)26/h6-11,22,30,33H,3-5H2,1-2H3/t22-/m1/s1. The maximum atomic E-state index is 13.4. The third-order valence-electron chi connectivity index (χ3n) is 6.45. The first-order chi connectivity index (χ1) is 16.6. The zero-order valence-electron chi connectivity index (χ0n) is 18.8. The van der Waals surface area contributed by atoms with Gasteiger partial charge in [-0.1, -0.05) is 17.7 Å². The topological polar surface area (TPSA) is 76.4 Å². The number of Topliss-reactive ketones (excluding diaryl/α,β-unsaturated/α-hetero) is 1. The summed E-state index contributed by atoms with van der Waals surface area (Å²) in [7, 11) is 1.43. The first kappa shape index (κ1) is 23.3. The number of allylic oxidation sites excluding steroid dienone is 2. The molecule has 2 N–H and O–H groups in total. The molecular weight excluding hydrogens is 483 g/mol. The summed E-state index contributed by atoms with van der Waals surface area (Å²) < 4.78 is 47.0. The van der Waals surface area contributed by atoms with Crippen molar-refractivity contribution in [3.05, 3.63) is 75.1 Å². The second-order valence-electron chi connectivity index (χ2n) is 8.58. The number of aryl methyl sites for hydroxylation is 1. The van der Waals surface area contributed by atoms with Gasteiger partial charge in [-0.3, -0.25) is 4.79 Å². The number of benzene rings is 2. The maximum absolute atomic E-state index is 13.4. The lowest BCUT2D eigenvalue weighted by Gasteiger charge is -2.33. The number of ether oxygens (including phenoxy) is 1. The molecule has 1 atom stereocenters. The smallest absolute Gasteiger partial charge is 0.416 e. The van der Waals surface area contributed by atoms with Crippen LogP contribution in [0.5, 0.6) is 11.5 Å². The molecule has 1 aromatic heterocycles. The van der Waals surface area contributed by atoms with Crippen LogP contribution in [0.25, 0.3) is 5.69 Å². The third-order valence-corrected chi connectivity index (χ3v) is 6.77. The molecule has 0 saturated carbocycles. The van der Waals surface area contributed by atoms with Crippen molar-refractivity contribution in [2.45, 2.75) is 38.3 Å². The fourth-order valence-electron chi connectivity index (χ4n) is 4.85. The van der Waals surface area contributed by atoms with Gasteiger partial charge in [0.1, 0.15) is 5.82 Å². The second kappa shape index (κ2) is 8.34. The van der Waals surface area contributed by atoms with Crippen LogP contribution in [-0.4, -0.2) is 27.8 Å². The molecule has 5 rings (SSSR count). The minimum absolute atomic E-state index is 0.00862. The Bertz CT molecular complexity index is 1390. The Morgan fingerprint density at radius 3 is 2.69 bits per heavy atom. The predicted octanol–water partition coefficient (Wildman–Crippen LogP) is 6.13. The fourth-order valence-corrected chi connectivity index (χ4v) is 5.05. The molecule has 3 aromatic rings. The highest BCUT2D eigenvalue weighted by Gasteiger charge is 2.39. The van der Waals surface area contributed by atoms with Crippen LogP contribution in [0.4, 0.5) is 19.0 Å². The van der Waals surface area contributed by atoms with Crippen LogP contribution >= 0.6 is 11.6 Å². The van der Waals surface area contributed by atoms with Crippen LogP contribution < -0.4 is 10.1 Å². The van der Waals surface area contributed by atoms with Gasteiger partial charge in [0.05, 0.1) is 29.1 Å². The highest BCUT2D eigenvalue weighted by Crippen LogP contribution is 2.49. The van der Waals surface area contributed by atoms with E-state index in [-0.39, 0.29) is 28.0 Å². The van der Waals surface area contributed by atoms with Gasteiger partial charge in [0.15, 0.2) is 17.3 Å². The Hall–Kier alpha value is -3.46. The molecule has 0 bridgehead atoms. The molecular formula is C25H21ClF3N3O3. The highest BCUT2D eigenvalue weighted by atomic mass is 35.5. The number of carbonyl (C=O) groups is 1. The molecule has 1 aliphatic heterocycles. The lowest BCUT2D eigenvalue weighted by molar-refractivity contribution is -0.137. The van der Waals surface area contributed by atoms with Crippen LogP contribution in [-0.2, 0) is 11.0 Å². The Labute approximate surface area is 204 Å². The molecule has 0 unspecified atom stereocenters. The van der Waals surface area contributed by atoms with Crippen molar-refractivity contribution in [1.29, 1.82) is 0 Å². The monoisotopic (exact) mass is 503 g/mol. The number of carbonyl (C=O) groups excluding carboxylic acids is 1. The quantitative estimate of drug-likeness (QED) is 0.449. The van der Waals surface area contributed by atoms with E-state index >= 15 is 0 Å². The minimum atomic E-state index is -4.55. The molecule has 1 aliphatic carbocycles. The van der Waals surface area contributed by atoms with Crippen LogP contribution in [0.1, 0.15) is 47.6 Å². The van der Waals surface area contributed by atoms with E-state index in [0.29, 0.717) is 53.2 Å². The number of phenolic OH excluding ortho intramolecular Hbond substituents is 1. The van der Waals surface area contributed by atoms with Crippen LogP contribution in [0.15, 0.2) is 47.7 Å². The highest BCUT2D eigenvalue weighted by molar-refractivity contribution is 6.32. The zero-order chi connectivity index (χ0) is 25.1. The van der Waals surface area contributed by atoms with Crippen molar-refractivity contribution in [2.75, 3.05) is 12.4 Å². The summed E-state index contributed by atoms with van der Waals surface area (Å²) in [4.78, 5) is 13.1. The van der Waals surface area contributed by atoms with Gasteiger partial charge in [-0.05, 0) is 55.7 Å². The number of halogens is 4. The molecule has 0 fully saturated rings. The van der Waals surface area contributed by atoms with Crippen molar-refractivity contribution in [3.63, 3.8) is 0 Å². The molecule has 2 aromatic carbocycles. The van der Waals surface area contributed by atoms with E-state index in [1.807, 2.05) is 0 Å². The van der Waals surface area contributed by atoms with Gasteiger partial charge >= 0.3 is 6.18 Å². The molecule has 2 heterocycles.